The third kappa shape index (κ3) is 6.78. The molecule has 12 rings (SSSR count). The van der Waals surface area contributed by atoms with Crippen LogP contribution in [0, 0.1) is 0 Å². The molecule has 2 aliphatic rings. The average Bonchev–Trinajstić information content (AvgIpc) is 3.57. The van der Waals surface area contributed by atoms with E-state index in [9.17, 15) is 0 Å². The van der Waals surface area contributed by atoms with Crippen molar-refractivity contribution in [3.05, 3.63) is 229 Å². The summed E-state index contributed by atoms with van der Waals surface area (Å²) in [6.07, 6.45) is 6.86. The molecular formula is C58H46Br2P2. The van der Waals surface area contributed by atoms with Crippen molar-refractivity contribution in [1.29, 1.82) is 0 Å². The molecule has 0 nitrogen and oxygen atoms in total. The highest BCUT2D eigenvalue weighted by Gasteiger charge is 2.51. The first-order chi connectivity index (χ1) is 29.7. The maximum Gasteiger partial charge on any atom is 0.0987 e. The molecule has 0 N–H and O–H groups in total. The van der Waals surface area contributed by atoms with Crippen LogP contribution in [0.4, 0.5) is 0 Å². The van der Waals surface area contributed by atoms with Gasteiger partial charge >= 0.3 is 0 Å². The highest BCUT2D eigenvalue weighted by Crippen LogP contribution is 2.73. The molecule has 0 amide bonds. The van der Waals surface area contributed by atoms with Crippen LogP contribution in [0.3, 0.4) is 0 Å². The molecule has 4 heteroatoms. The van der Waals surface area contributed by atoms with E-state index in [1.807, 2.05) is 0 Å². The highest BCUT2D eigenvalue weighted by atomic mass is 79.9. The van der Waals surface area contributed by atoms with E-state index in [2.05, 4.69) is 206 Å². The molecule has 0 bridgehead atoms. The quantitative estimate of drug-likeness (QED) is 0.151. The van der Waals surface area contributed by atoms with E-state index in [-0.39, 0.29) is 34.0 Å². The molecule has 10 aromatic rings. The van der Waals surface area contributed by atoms with Gasteiger partial charge in [-0.15, -0.1) is 0 Å². The lowest BCUT2D eigenvalue weighted by Gasteiger charge is -2.32. The molecule has 0 radical (unpaired) electrons. The lowest BCUT2D eigenvalue weighted by Crippen LogP contribution is -3.00. The van der Waals surface area contributed by atoms with E-state index >= 15 is 0 Å². The summed E-state index contributed by atoms with van der Waals surface area (Å²) in [5.41, 5.74) is 11.9. The number of hydrogen-bond acceptors (Lipinski definition) is 0. The van der Waals surface area contributed by atoms with Gasteiger partial charge in [0.2, 0.25) is 0 Å². The molecule has 0 aromatic heterocycles. The zero-order valence-corrected chi connectivity index (χ0v) is 39.5. The SMILES string of the molecule is [Br-].[Br-].c1ccc([P+]2(CC[P+]3(c4ccccc4)Cc4ccc5ccccc5c4-c4c(ccc5ccccc45)C3)Cc3ccc4ccccc4c3-c3c(ccc4ccccc34)C2)cc1. The fourth-order valence-electron chi connectivity index (χ4n) is 11.2. The van der Waals surface area contributed by atoms with Gasteiger partial charge in [-0.25, -0.2) is 0 Å². The zero-order valence-electron chi connectivity index (χ0n) is 34.5. The van der Waals surface area contributed by atoms with Gasteiger partial charge in [-0.2, -0.15) is 0 Å². The minimum atomic E-state index is -1.87. The minimum absolute atomic E-state index is 0. The van der Waals surface area contributed by atoms with Crippen molar-refractivity contribution < 1.29 is 34.0 Å². The maximum absolute atomic E-state index is 2.50. The number of hydrogen-bond donors (Lipinski definition) is 0. The summed E-state index contributed by atoms with van der Waals surface area (Å²) in [7, 11) is -3.74. The Morgan fingerprint density at radius 1 is 0.258 bits per heavy atom. The number of rotatable bonds is 5. The maximum atomic E-state index is 2.50. The van der Waals surface area contributed by atoms with Crippen molar-refractivity contribution >= 4 is 68.2 Å². The molecule has 2 aliphatic heterocycles. The van der Waals surface area contributed by atoms with Gasteiger partial charge in [0.25, 0.3) is 0 Å². The number of halogens is 2. The predicted octanol–water partition coefficient (Wildman–Crippen LogP) is 9.06. The minimum Gasteiger partial charge on any atom is -1.00 e. The lowest BCUT2D eigenvalue weighted by atomic mass is 9.88. The molecule has 0 fully saturated rings. The first-order valence-corrected chi connectivity index (χ1v) is 26.2. The van der Waals surface area contributed by atoms with Crippen LogP contribution in [0.15, 0.2) is 206 Å². The van der Waals surface area contributed by atoms with Crippen molar-refractivity contribution in [2.75, 3.05) is 12.3 Å². The molecule has 0 aliphatic carbocycles. The Balaban J connectivity index is 0.00000229. The van der Waals surface area contributed by atoms with E-state index < -0.39 is 14.5 Å². The molecule has 0 atom stereocenters. The average molecular weight is 965 g/mol. The first kappa shape index (κ1) is 41.1. The lowest BCUT2D eigenvalue weighted by molar-refractivity contribution is -0.00100. The summed E-state index contributed by atoms with van der Waals surface area (Å²) in [6, 6.07) is 79.6. The number of benzene rings is 10. The van der Waals surface area contributed by atoms with Gasteiger partial charge in [0.15, 0.2) is 0 Å². The summed E-state index contributed by atoms with van der Waals surface area (Å²) < 4.78 is 0. The second kappa shape index (κ2) is 16.6. The van der Waals surface area contributed by atoms with Crippen LogP contribution >= 0.6 is 14.5 Å². The Morgan fingerprint density at radius 2 is 0.500 bits per heavy atom. The van der Waals surface area contributed by atoms with E-state index in [4.69, 9.17) is 0 Å². The van der Waals surface area contributed by atoms with Crippen molar-refractivity contribution in [2.45, 2.75) is 24.6 Å². The van der Waals surface area contributed by atoms with Crippen LogP contribution in [-0.2, 0) is 24.6 Å². The van der Waals surface area contributed by atoms with Crippen LogP contribution in [0.2, 0.25) is 0 Å². The monoisotopic (exact) mass is 962 g/mol. The van der Waals surface area contributed by atoms with E-state index in [0.717, 1.165) is 24.6 Å². The van der Waals surface area contributed by atoms with Crippen molar-refractivity contribution in [1.82, 2.24) is 0 Å². The van der Waals surface area contributed by atoms with Crippen LogP contribution in [0.1, 0.15) is 22.3 Å². The van der Waals surface area contributed by atoms with Gasteiger partial charge in [-0.1, -0.05) is 182 Å². The third-order valence-corrected chi connectivity index (χ3v) is 23.1. The van der Waals surface area contributed by atoms with Crippen LogP contribution in [0.25, 0.3) is 65.3 Å². The fourth-order valence-corrected chi connectivity index (χ4v) is 21.6. The highest BCUT2D eigenvalue weighted by molar-refractivity contribution is 7.85. The molecule has 302 valence electrons. The first-order valence-electron chi connectivity index (χ1n) is 21.5. The van der Waals surface area contributed by atoms with Gasteiger partial charge in [-0.3, -0.25) is 0 Å². The summed E-state index contributed by atoms with van der Waals surface area (Å²) in [5, 5.41) is 14.0. The summed E-state index contributed by atoms with van der Waals surface area (Å²) in [6.45, 7) is 0. The second-order valence-corrected chi connectivity index (χ2v) is 25.1. The summed E-state index contributed by atoms with van der Waals surface area (Å²) in [4.78, 5) is 0. The molecule has 10 aromatic carbocycles. The van der Waals surface area contributed by atoms with Gasteiger partial charge in [-0.05, 0) is 112 Å². The summed E-state index contributed by atoms with van der Waals surface area (Å²) in [5.74, 6) is 0. The Hall–Kier alpha value is -4.94. The smallest absolute Gasteiger partial charge is 0.0987 e. The van der Waals surface area contributed by atoms with Crippen LogP contribution < -0.4 is 44.6 Å². The normalized spacial score (nSPS) is 14.6. The van der Waals surface area contributed by atoms with Gasteiger partial charge in [0.1, 0.15) is 0 Å². The topological polar surface area (TPSA) is 0 Å². The van der Waals surface area contributed by atoms with E-state index in [0.29, 0.717) is 0 Å². The molecule has 62 heavy (non-hydrogen) atoms. The summed E-state index contributed by atoms with van der Waals surface area (Å²) >= 11 is 0. The molecule has 0 saturated heterocycles. The molecule has 0 unspecified atom stereocenters. The third-order valence-electron chi connectivity index (χ3n) is 14.0. The second-order valence-electron chi connectivity index (χ2n) is 17.3. The van der Waals surface area contributed by atoms with Crippen molar-refractivity contribution in [3.8, 4) is 22.3 Å². The molecule has 0 saturated carbocycles. The van der Waals surface area contributed by atoms with Crippen molar-refractivity contribution in [3.63, 3.8) is 0 Å². The Kier molecular flexibility index (Phi) is 11.0. The Morgan fingerprint density at radius 3 is 0.774 bits per heavy atom. The fraction of sp³-hybridized carbons (Fsp3) is 0.103. The molecular weight excluding hydrogens is 918 g/mol. The Labute approximate surface area is 387 Å². The van der Waals surface area contributed by atoms with Crippen molar-refractivity contribution in [2.24, 2.45) is 0 Å². The van der Waals surface area contributed by atoms with Gasteiger partial charge in [0.05, 0.1) is 62.1 Å². The largest absolute Gasteiger partial charge is 1.00 e. The van der Waals surface area contributed by atoms with Gasteiger partial charge in [0, 0.05) is 0 Å². The Bertz CT molecular complexity index is 2890. The predicted molar refractivity (Wildman–Crippen MR) is 264 cm³/mol. The molecule has 0 spiro atoms. The number of fused-ring (bicyclic) bond motifs is 14. The zero-order chi connectivity index (χ0) is 39.7. The molecule has 2 heterocycles. The van der Waals surface area contributed by atoms with Crippen LogP contribution in [-0.4, -0.2) is 12.3 Å². The standard InChI is InChI=1S/C58H46P2.2BrH/c1-3-19-49(20-4-1)59(37-45-31-27-41-15-7-11-23-51(41)55(45)56-46(38-59)32-28-42-16-8-12-24-52(42)56)35-36-60(50-21-5-2-6-22-50)39-47-33-29-43-17-9-13-25-53(43)57(47)58-48(40-60)34-30-44-18-10-14-26-54(44)58;;/h1-34H,35-40H2;2*1H/q+2;;/p-2. The van der Waals surface area contributed by atoms with E-state index in [1.165, 1.54) is 99.9 Å². The van der Waals surface area contributed by atoms with E-state index in [1.54, 1.807) is 10.6 Å². The van der Waals surface area contributed by atoms with Gasteiger partial charge < -0.3 is 34.0 Å². The van der Waals surface area contributed by atoms with Crippen LogP contribution in [0.5, 0.6) is 0 Å².